The van der Waals surface area contributed by atoms with E-state index in [1.165, 1.54) is 0 Å². The van der Waals surface area contributed by atoms with E-state index >= 15 is 0 Å². The lowest BCUT2D eigenvalue weighted by Crippen LogP contribution is -2.47. The van der Waals surface area contributed by atoms with Gasteiger partial charge >= 0.3 is 6.18 Å². The second-order valence-corrected chi connectivity index (χ2v) is 8.56. The van der Waals surface area contributed by atoms with E-state index in [9.17, 15) is 13.2 Å². The number of nitrogens with zero attached hydrogens (tertiary/aromatic N) is 5. The smallest absolute Gasteiger partial charge is 0.367 e. The van der Waals surface area contributed by atoms with E-state index in [-0.39, 0.29) is 11.9 Å². The molecule has 0 aliphatic carbocycles. The van der Waals surface area contributed by atoms with Crippen LogP contribution >= 0.6 is 0 Å². The van der Waals surface area contributed by atoms with Gasteiger partial charge in [-0.2, -0.15) is 23.5 Å². The van der Waals surface area contributed by atoms with Crippen molar-refractivity contribution in [1.82, 2.24) is 25.1 Å². The summed E-state index contributed by atoms with van der Waals surface area (Å²) >= 11 is 0. The Balaban J connectivity index is 1.37. The molecule has 33 heavy (non-hydrogen) atoms. The first-order valence-electron chi connectivity index (χ1n) is 11.0. The highest BCUT2D eigenvalue weighted by Gasteiger charge is 2.40. The number of nitrogens with one attached hydrogen (secondary N) is 3. The van der Waals surface area contributed by atoms with E-state index in [2.05, 4.69) is 36.7 Å². The summed E-state index contributed by atoms with van der Waals surface area (Å²) in [6, 6.07) is 9.71. The van der Waals surface area contributed by atoms with Crippen LogP contribution in [-0.2, 0) is 6.18 Å². The van der Waals surface area contributed by atoms with E-state index in [0.29, 0.717) is 35.7 Å². The van der Waals surface area contributed by atoms with Crippen LogP contribution in [0.1, 0.15) is 37.8 Å². The van der Waals surface area contributed by atoms with E-state index in [1.807, 2.05) is 17.2 Å². The third kappa shape index (κ3) is 4.43. The standard InChI is InChI=1S/C22H23F3N8/c23-22(24,25)18-12-20(32-31-18)29-19-11-17-16(3-1-7-27-17)21(30-19)28-13-9-14-4-5-15(10-13)33(14)8-2-6-26/h1,3,7,11-15H,2,4-5,8-10H2,(H3,28,29,30,31,32). The molecule has 11 heteroatoms. The summed E-state index contributed by atoms with van der Waals surface area (Å²) in [5.74, 6) is 1.03. The number of aromatic nitrogens is 4. The Bertz CT molecular complexity index is 1170. The third-order valence-corrected chi connectivity index (χ3v) is 6.45. The van der Waals surface area contributed by atoms with E-state index < -0.39 is 11.9 Å². The number of halogens is 3. The molecule has 0 spiro atoms. The van der Waals surface area contributed by atoms with Crippen LogP contribution in [-0.4, -0.2) is 49.7 Å². The summed E-state index contributed by atoms with van der Waals surface area (Å²) in [4.78, 5) is 11.5. The molecule has 5 rings (SSSR count). The zero-order valence-electron chi connectivity index (χ0n) is 17.7. The fourth-order valence-electron chi connectivity index (χ4n) is 5.04. The molecular formula is C22H23F3N8. The summed E-state index contributed by atoms with van der Waals surface area (Å²) in [5, 5.41) is 21.9. The highest BCUT2D eigenvalue weighted by Crippen LogP contribution is 2.37. The number of anilines is 3. The molecule has 2 bridgehead atoms. The number of rotatable bonds is 6. The topological polar surface area (TPSA) is 106 Å². The molecule has 2 fully saturated rings. The minimum atomic E-state index is -4.50. The maximum absolute atomic E-state index is 12.9. The van der Waals surface area contributed by atoms with Crippen LogP contribution < -0.4 is 10.6 Å². The zero-order valence-corrected chi connectivity index (χ0v) is 17.7. The second kappa shape index (κ2) is 8.51. The van der Waals surface area contributed by atoms with Crippen LogP contribution in [0.15, 0.2) is 30.5 Å². The number of fused-ring (bicyclic) bond motifs is 3. The Kier molecular flexibility index (Phi) is 5.54. The SMILES string of the molecule is N#CCCN1C2CCC1CC(Nc1nc(Nc3cc(C(F)(F)F)[nH]n3)cc3ncccc13)C2. The number of hydrogen-bond acceptors (Lipinski definition) is 7. The number of H-pyrrole nitrogens is 1. The monoisotopic (exact) mass is 456 g/mol. The largest absolute Gasteiger partial charge is 0.432 e. The highest BCUT2D eigenvalue weighted by atomic mass is 19.4. The Labute approximate surface area is 188 Å². The van der Waals surface area contributed by atoms with Gasteiger partial charge in [-0.15, -0.1) is 0 Å². The molecule has 0 radical (unpaired) electrons. The molecule has 0 aromatic carbocycles. The van der Waals surface area contributed by atoms with Crippen molar-refractivity contribution in [3.8, 4) is 6.07 Å². The van der Waals surface area contributed by atoms with Crippen molar-refractivity contribution in [2.45, 2.75) is 56.4 Å². The first-order valence-corrected chi connectivity index (χ1v) is 11.0. The highest BCUT2D eigenvalue weighted by molar-refractivity contribution is 5.91. The lowest BCUT2D eigenvalue weighted by molar-refractivity contribution is -0.141. The van der Waals surface area contributed by atoms with Crippen molar-refractivity contribution >= 4 is 28.4 Å². The molecule has 0 saturated carbocycles. The summed E-state index contributed by atoms with van der Waals surface area (Å²) in [5.41, 5.74) is -0.251. The predicted molar refractivity (Wildman–Crippen MR) is 117 cm³/mol. The van der Waals surface area contributed by atoms with Gasteiger partial charge in [0.1, 0.15) is 17.3 Å². The van der Waals surface area contributed by atoms with E-state index in [0.717, 1.165) is 43.7 Å². The minimum Gasteiger partial charge on any atom is -0.367 e. The molecular weight excluding hydrogens is 433 g/mol. The molecule has 2 unspecified atom stereocenters. The van der Waals surface area contributed by atoms with Crippen molar-refractivity contribution in [1.29, 1.82) is 5.26 Å². The average molecular weight is 456 g/mol. The van der Waals surface area contributed by atoms with Crippen LogP contribution in [0.2, 0.25) is 0 Å². The number of alkyl halides is 3. The Hall–Kier alpha value is -3.39. The Morgan fingerprint density at radius 2 is 1.97 bits per heavy atom. The van der Waals surface area contributed by atoms with Gasteiger partial charge in [0.05, 0.1) is 11.6 Å². The molecule has 2 saturated heterocycles. The van der Waals surface area contributed by atoms with Crippen LogP contribution in [0.3, 0.4) is 0 Å². The number of piperidine rings is 1. The molecule has 5 heterocycles. The van der Waals surface area contributed by atoms with Gasteiger partial charge in [-0.3, -0.25) is 15.0 Å². The minimum absolute atomic E-state index is 0.0277. The average Bonchev–Trinajstić information content (AvgIpc) is 3.34. The van der Waals surface area contributed by atoms with Crippen molar-refractivity contribution in [2.24, 2.45) is 0 Å². The Morgan fingerprint density at radius 3 is 2.67 bits per heavy atom. The van der Waals surface area contributed by atoms with E-state index in [4.69, 9.17) is 5.26 Å². The fraction of sp³-hybridized carbons (Fsp3) is 0.455. The van der Waals surface area contributed by atoms with Gasteiger partial charge in [-0.25, -0.2) is 4.98 Å². The van der Waals surface area contributed by atoms with Crippen molar-refractivity contribution < 1.29 is 13.2 Å². The summed E-state index contributed by atoms with van der Waals surface area (Å²) in [7, 11) is 0. The summed E-state index contributed by atoms with van der Waals surface area (Å²) in [6.45, 7) is 0.812. The summed E-state index contributed by atoms with van der Waals surface area (Å²) < 4.78 is 38.7. The molecule has 3 N–H and O–H groups in total. The second-order valence-electron chi connectivity index (χ2n) is 8.56. The van der Waals surface area contributed by atoms with Gasteiger partial charge in [0.25, 0.3) is 0 Å². The number of nitriles is 1. The molecule has 3 aromatic rings. The van der Waals surface area contributed by atoms with Crippen LogP contribution in [0.25, 0.3) is 10.9 Å². The maximum Gasteiger partial charge on any atom is 0.432 e. The lowest BCUT2D eigenvalue weighted by atomic mass is 9.97. The molecule has 2 atom stereocenters. The van der Waals surface area contributed by atoms with Crippen LogP contribution in [0, 0.1) is 11.3 Å². The van der Waals surface area contributed by atoms with Crippen LogP contribution in [0.4, 0.5) is 30.6 Å². The van der Waals surface area contributed by atoms with E-state index in [1.54, 1.807) is 12.3 Å². The van der Waals surface area contributed by atoms with Gasteiger partial charge in [-0.1, -0.05) is 0 Å². The first kappa shape index (κ1) is 21.5. The van der Waals surface area contributed by atoms with Crippen molar-refractivity contribution in [2.75, 3.05) is 17.2 Å². The molecule has 0 amide bonds. The number of aromatic amines is 1. The third-order valence-electron chi connectivity index (χ3n) is 6.45. The first-order chi connectivity index (χ1) is 15.9. The maximum atomic E-state index is 12.9. The molecule has 2 aliphatic rings. The fourth-order valence-corrected chi connectivity index (χ4v) is 5.04. The number of pyridine rings is 2. The van der Waals surface area contributed by atoms with Gasteiger partial charge in [0, 0.05) is 54.8 Å². The van der Waals surface area contributed by atoms with Gasteiger partial charge in [0.2, 0.25) is 0 Å². The quantitative estimate of drug-likeness (QED) is 0.504. The summed E-state index contributed by atoms with van der Waals surface area (Å²) in [6.07, 6.45) is 1.88. The number of hydrogen-bond donors (Lipinski definition) is 3. The van der Waals surface area contributed by atoms with Crippen LogP contribution in [0.5, 0.6) is 0 Å². The zero-order chi connectivity index (χ0) is 23.0. The van der Waals surface area contributed by atoms with Crippen molar-refractivity contribution in [3.63, 3.8) is 0 Å². The Morgan fingerprint density at radius 1 is 1.18 bits per heavy atom. The molecule has 8 nitrogen and oxygen atoms in total. The molecule has 172 valence electrons. The molecule has 3 aromatic heterocycles. The van der Waals surface area contributed by atoms with Crippen molar-refractivity contribution in [3.05, 3.63) is 36.2 Å². The lowest BCUT2D eigenvalue weighted by Gasteiger charge is -2.39. The molecule has 2 aliphatic heterocycles. The normalized spacial score (nSPS) is 22.9. The van der Waals surface area contributed by atoms with Gasteiger partial charge in [0.15, 0.2) is 5.82 Å². The van der Waals surface area contributed by atoms with Gasteiger partial charge < -0.3 is 10.6 Å². The van der Waals surface area contributed by atoms with Gasteiger partial charge in [-0.05, 0) is 37.8 Å². The predicted octanol–water partition coefficient (Wildman–Crippen LogP) is 4.44.